The van der Waals surface area contributed by atoms with E-state index in [-0.39, 0.29) is 6.54 Å². The number of hydrazine groups is 1. The fraction of sp³-hybridized carbons (Fsp3) is 0.333. The van der Waals surface area contributed by atoms with E-state index in [2.05, 4.69) is 0 Å². The molecule has 1 aromatic carbocycles. The second kappa shape index (κ2) is 7.52. The van der Waals surface area contributed by atoms with E-state index in [1.807, 2.05) is 12.1 Å². The van der Waals surface area contributed by atoms with Crippen LogP contribution in [0.5, 0.6) is 0 Å². The van der Waals surface area contributed by atoms with Gasteiger partial charge in [-0.1, -0.05) is 12.1 Å². The summed E-state index contributed by atoms with van der Waals surface area (Å²) in [5.41, 5.74) is 7.21. The zero-order chi connectivity index (χ0) is 16.0. The molecular weight excluding hydrogens is 310 g/mol. The van der Waals surface area contributed by atoms with Crippen LogP contribution < -0.4 is 11.6 Å². The molecule has 116 valence electrons. The van der Waals surface area contributed by atoms with Crippen molar-refractivity contribution in [3.63, 3.8) is 0 Å². The van der Waals surface area contributed by atoms with Crippen LogP contribution in [-0.2, 0) is 26.8 Å². The van der Waals surface area contributed by atoms with Crippen molar-refractivity contribution in [1.82, 2.24) is 4.41 Å². The summed E-state index contributed by atoms with van der Waals surface area (Å²) in [5.74, 6) is 5.35. The number of nitrogen functional groups attached to an aromatic ring is 1. The topological polar surface area (TPSA) is 164 Å². The Morgan fingerprint density at radius 3 is 1.85 bits per heavy atom. The maximum Gasteiger partial charge on any atom is 0.394 e. The van der Waals surface area contributed by atoms with E-state index < -0.39 is 20.4 Å². The van der Waals surface area contributed by atoms with Crippen LogP contribution in [-0.4, -0.2) is 43.2 Å². The average Bonchev–Trinajstić information content (AvgIpc) is 2.24. The molecule has 11 heteroatoms. The lowest BCUT2D eigenvalue weighted by Crippen LogP contribution is -2.38. The van der Waals surface area contributed by atoms with Crippen LogP contribution >= 0.6 is 0 Å². The van der Waals surface area contributed by atoms with Crippen molar-refractivity contribution < 1.29 is 25.9 Å². The third-order valence-corrected chi connectivity index (χ3v) is 3.06. The van der Waals surface area contributed by atoms with E-state index in [0.29, 0.717) is 12.1 Å². The minimum absolute atomic E-state index is 0.267. The lowest BCUT2D eigenvalue weighted by atomic mass is 10.1. The number of anilines is 1. The van der Waals surface area contributed by atoms with Gasteiger partial charge in [0, 0.05) is 12.2 Å². The van der Waals surface area contributed by atoms with Crippen LogP contribution in [0.3, 0.4) is 0 Å². The summed E-state index contributed by atoms with van der Waals surface area (Å²) < 4.78 is 54.4. The summed E-state index contributed by atoms with van der Waals surface area (Å²) >= 11 is 0. The molecule has 1 rings (SSSR count). The van der Waals surface area contributed by atoms with Gasteiger partial charge in [0.1, 0.15) is 0 Å². The number of benzene rings is 1. The van der Waals surface area contributed by atoms with Gasteiger partial charge in [-0.25, -0.2) is 8.42 Å². The quantitative estimate of drug-likeness (QED) is 0.244. The Morgan fingerprint density at radius 2 is 1.50 bits per heavy atom. The Kier molecular flexibility index (Phi) is 7.05. The highest BCUT2D eigenvalue weighted by Gasteiger charge is 2.10. The molecule has 20 heavy (non-hydrogen) atoms. The molecule has 0 atom stereocenters. The first-order valence-electron chi connectivity index (χ1n) is 5.16. The van der Waals surface area contributed by atoms with Crippen molar-refractivity contribution in [2.45, 2.75) is 6.42 Å². The normalized spacial score (nSPS) is 11.8. The fourth-order valence-corrected chi connectivity index (χ4v) is 1.51. The molecule has 0 unspecified atom stereocenters. The summed E-state index contributed by atoms with van der Waals surface area (Å²) in [7, 11) is -7.96. The molecule has 0 amide bonds. The number of nitrogens with zero attached hydrogens (tertiary/aromatic N) is 1. The molecule has 0 aliphatic heterocycles. The third-order valence-electron chi connectivity index (χ3n) is 2.03. The van der Waals surface area contributed by atoms with Crippen molar-refractivity contribution in [3.05, 3.63) is 29.8 Å². The molecule has 0 bridgehead atoms. The highest BCUT2D eigenvalue weighted by molar-refractivity contribution is 7.88. The molecule has 1 aromatic rings. The van der Waals surface area contributed by atoms with Gasteiger partial charge in [0.2, 0.25) is 10.0 Å². The Hall–Kier alpha value is -1.24. The van der Waals surface area contributed by atoms with Crippen molar-refractivity contribution in [1.29, 1.82) is 0 Å². The molecule has 0 saturated carbocycles. The van der Waals surface area contributed by atoms with Gasteiger partial charge in [-0.05, 0) is 24.1 Å². The molecular formula is C9H17N3O6S2. The van der Waals surface area contributed by atoms with Crippen LogP contribution in [0.4, 0.5) is 5.69 Å². The van der Waals surface area contributed by atoms with Gasteiger partial charge in [-0.15, -0.1) is 4.41 Å². The van der Waals surface area contributed by atoms with Crippen LogP contribution in [0.25, 0.3) is 0 Å². The molecule has 0 aliphatic carbocycles. The summed E-state index contributed by atoms with van der Waals surface area (Å²) in [6.45, 7) is 0.267. The SMILES string of the molecule is CS(=O)(=O)N(N)CCc1ccc(N)cc1.O=S(=O)(O)O. The van der Waals surface area contributed by atoms with E-state index >= 15 is 0 Å². The number of sulfonamides is 1. The predicted molar refractivity (Wildman–Crippen MR) is 74.5 cm³/mol. The molecule has 0 fully saturated rings. The van der Waals surface area contributed by atoms with Crippen LogP contribution in [0.2, 0.25) is 0 Å². The minimum atomic E-state index is -4.67. The second-order valence-corrected chi connectivity index (χ2v) is 6.64. The first kappa shape index (κ1) is 18.8. The Labute approximate surface area is 117 Å². The Bertz CT molecular complexity index is 604. The molecule has 9 nitrogen and oxygen atoms in total. The maximum absolute atomic E-state index is 11.0. The fourth-order valence-electron chi connectivity index (χ4n) is 1.09. The molecule has 6 N–H and O–H groups in total. The molecule has 0 saturated heterocycles. The Balaban J connectivity index is 0.000000621. The maximum atomic E-state index is 11.0. The highest BCUT2D eigenvalue weighted by atomic mass is 32.3. The summed E-state index contributed by atoms with van der Waals surface area (Å²) in [6.07, 6.45) is 1.65. The van der Waals surface area contributed by atoms with Gasteiger partial charge in [0.05, 0.1) is 6.26 Å². The molecule has 0 aliphatic rings. The number of nitrogens with two attached hydrogens (primary N) is 2. The molecule has 0 heterocycles. The van der Waals surface area contributed by atoms with Gasteiger partial charge >= 0.3 is 10.4 Å². The first-order chi connectivity index (χ1) is 8.89. The van der Waals surface area contributed by atoms with Crippen molar-refractivity contribution in [2.75, 3.05) is 18.5 Å². The van der Waals surface area contributed by atoms with Crippen LogP contribution in [0, 0.1) is 0 Å². The van der Waals surface area contributed by atoms with Gasteiger partial charge < -0.3 is 5.73 Å². The number of rotatable bonds is 4. The van der Waals surface area contributed by atoms with Gasteiger partial charge in [0.15, 0.2) is 0 Å². The lowest BCUT2D eigenvalue weighted by Gasteiger charge is -2.13. The van der Waals surface area contributed by atoms with Gasteiger partial charge in [0.25, 0.3) is 0 Å². The van der Waals surface area contributed by atoms with E-state index in [1.54, 1.807) is 12.1 Å². The standard InChI is InChI=1S/C9H15N3O2S.H2O4S/c1-15(13,14)12(11)7-6-8-2-4-9(10)5-3-8;1-5(2,3)4/h2-5H,6-7,10-11H2,1H3;(H2,1,2,3,4). The van der Waals surface area contributed by atoms with Crippen molar-refractivity contribution in [2.24, 2.45) is 5.84 Å². The lowest BCUT2D eigenvalue weighted by molar-refractivity contribution is 0.381. The summed E-state index contributed by atoms with van der Waals surface area (Å²) in [4.78, 5) is 0. The Morgan fingerprint density at radius 1 is 1.10 bits per heavy atom. The van der Waals surface area contributed by atoms with Gasteiger partial charge in [-0.3, -0.25) is 14.9 Å². The van der Waals surface area contributed by atoms with Crippen LogP contribution in [0.1, 0.15) is 5.56 Å². The average molecular weight is 327 g/mol. The van der Waals surface area contributed by atoms with E-state index in [0.717, 1.165) is 16.2 Å². The highest BCUT2D eigenvalue weighted by Crippen LogP contribution is 2.06. The van der Waals surface area contributed by atoms with Crippen molar-refractivity contribution >= 4 is 26.1 Å². The minimum Gasteiger partial charge on any atom is -0.399 e. The number of hydrogen-bond donors (Lipinski definition) is 4. The summed E-state index contributed by atoms with van der Waals surface area (Å²) in [5, 5.41) is 0. The second-order valence-electron chi connectivity index (χ2n) is 3.81. The number of hydrogen-bond acceptors (Lipinski definition) is 6. The van der Waals surface area contributed by atoms with Crippen LogP contribution in [0.15, 0.2) is 24.3 Å². The van der Waals surface area contributed by atoms with E-state index in [4.69, 9.17) is 29.1 Å². The molecule has 0 aromatic heterocycles. The zero-order valence-electron chi connectivity index (χ0n) is 10.7. The summed E-state index contributed by atoms with van der Waals surface area (Å²) in [6, 6.07) is 7.25. The van der Waals surface area contributed by atoms with Gasteiger partial charge in [-0.2, -0.15) is 8.42 Å². The van der Waals surface area contributed by atoms with E-state index in [9.17, 15) is 8.42 Å². The first-order valence-corrected chi connectivity index (χ1v) is 8.41. The monoisotopic (exact) mass is 327 g/mol. The van der Waals surface area contributed by atoms with E-state index in [1.165, 1.54) is 0 Å². The molecule has 0 radical (unpaired) electrons. The smallest absolute Gasteiger partial charge is 0.394 e. The van der Waals surface area contributed by atoms with Crippen molar-refractivity contribution in [3.8, 4) is 0 Å². The third kappa shape index (κ3) is 10.7. The largest absolute Gasteiger partial charge is 0.399 e. The zero-order valence-corrected chi connectivity index (χ0v) is 12.3. The molecule has 0 spiro atoms. The predicted octanol–water partition coefficient (Wildman–Crippen LogP) is -0.706.